The molecule has 14 heavy (non-hydrogen) atoms. The molecule has 0 radical (unpaired) electrons. The van der Waals surface area contributed by atoms with Crippen molar-refractivity contribution in [2.24, 2.45) is 5.73 Å². The Morgan fingerprint density at radius 3 is 2.79 bits per heavy atom. The van der Waals surface area contributed by atoms with E-state index in [9.17, 15) is 0 Å². The second-order valence-corrected chi connectivity index (χ2v) is 4.25. The summed E-state index contributed by atoms with van der Waals surface area (Å²) in [4.78, 5) is 0. The minimum atomic E-state index is -0.214. The monoisotopic (exact) mass is 195 g/mol. The standard InChI is InChI=1S/C11H17NO2/c1-8-6-13-7-9(8)10(12)11(2)4-3-5-14-11/h6-7,10H,3-5,12H2,1-2H3. The molecule has 78 valence electrons. The van der Waals surface area contributed by atoms with Gasteiger partial charge in [0.1, 0.15) is 0 Å². The maximum absolute atomic E-state index is 6.19. The van der Waals surface area contributed by atoms with Crippen LogP contribution in [0.3, 0.4) is 0 Å². The van der Waals surface area contributed by atoms with Gasteiger partial charge in [0.05, 0.1) is 24.2 Å². The van der Waals surface area contributed by atoms with Gasteiger partial charge < -0.3 is 14.9 Å². The van der Waals surface area contributed by atoms with Gasteiger partial charge in [-0.25, -0.2) is 0 Å². The van der Waals surface area contributed by atoms with Crippen LogP contribution in [0.15, 0.2) is 16.9 Å². The lowest BCUT2D eigenvalue weighted by Crippen LogP contribution is -2.37. The van der Waals surface area contributed by atoms with Gasteiger partial charge >= 0.3 is 0 Å². The zero-order chi connectivity index (χ0) is 10.2. The van der Waals surface area contributed by atoms with E-state index in [0.717, 1.165) is 30.6 Å². The molecule has 3 heteroatoms. The van der Waals surface area contributed by atoms with Crippen LogP contribution in [-0.2, 0) is 4.74 Å². The first-order chi connectivity index (χ1) is 6.63. The van der Waals surface area contributed by atoms with Gasteiger partial charge in [-0.05, 0) is 32.3 Å². The van der Waals surface area contributed by atoms with Crippen molar-refractivity contribution in [2.45, 2.75) is 38.3 Å². The Labute approximate surface area is 84.2 Å². The zero-order valence-electron chi connectivity index (χ0n) is 8.75. The van der Waals surface area contributed by atoms with Crippen LogP contribution in [-0.4, -0.2) is 12.2 Å². The maximum atomic E-state index is 6.19. The van der Waals surface area contributed by atoms with Crippen molar-refractivity contribution in [1.82, 2.24) is 0 Å². The van der Waals surface area contributed by atoms with E-state index in [0.29, 0.717) is 0 Å². The van der Waals surface area contributed by atoms with Crippen molar-refractivity contribution < 1.29 is 9.15 Å². The molecule has 0 saturated carbocycles. The highest BCUT2D eigenvalue weighted by Gasteiger charge is 2.38. The molecule has 3 nitrogen and oxygen atoms in total. The number of nitrogens with two attached hydrogens (primary N) is 1. The molecule has 0 bridgehead atoms. The SMILES string of the molecule is Cc1cocc1C(N)C1(C)CCCO1. The van der Waals surface area contributed by atoms with E-state index in [1.165, 1.54) is 0 Å². The summed E-state index contributed by atoms with van der Waals surface area (Å²) in [6, 6.07) is -0.0799. The molecule has 2 atom stereocenters. The second kappa shape index (κ2) is 3.41. The lowest BCUT2D eigenvalue weighted by Gasteiger charge is -2.30. The van der Waals surface area contributed by atoms with E-state index in [1.54, 1.807) is 12.5 Å². The highest BCUT2D eigenvalue weighted by atomic mass is 16.5. The predicted octanol–water partition coefficient (Wildman–Crippen LogP) is 2.16. The fourth-order valence-corrected chi connectivity index (χ4v) is 2.06. The Balaban J connectivity index is 2.23. The van der Waals surface area contributed by atoms with Crippen molar-refractivity contribution in [2.75, 3.05) is 6.61 Å². The molecule has 1 saturated heterocycles. The number of hydrogen-bond acceptors (Lipinski definition) is 3. The molecule has 0 aromatic carbocycles. The van der Waals surface area contributed by atoms with Gasteiger partial charge in [0.2, 0.25) is 0 Å². The average Bonchev–Trinajstić information content (AvgIpc) is 2.74. The molecule has 1 fully saturated rings. The van der Waals surface area contributed by atoms with Crippen LogP contribution >= 0.6 is 0 Å². The fraction of sp³-hybridized carbons (Fsp3) is 0.636. The molecule has 0 spiro atoms. The molecular weight excluding hydrogens is 178 g/mol. The van der Waals surface area contributed by atoms with Gasteiger partial charge in [0.15, 0.2) is 0 Å². The smallest absolute Gasteiger partial charge is 0.0954 e. The van der Waals surface area contributed by atoms with Crippen LogP contribution in [0.2, 0.25) is 0 Å². The molecule has 1 aliphatic heterocycles. The molecule has 2 unspecified atom stereocenters. The average molecular weight is 195 g/mol. The highest BCUT2D eigenvalue weighted by Crippen LogP contribution is 2.36. The van der Waals surface area contributed by atoms with Crippen LogP contribution in [0.4, 0.5) is 0 Å². The van der Waals surface area contributed by atoms with Gasteiger partial charge in [0.25, 0.3) is 0 Å². The Morgan fingerprint density at radius 1 is 1.50 bits per heavy atom. The van der Waals surface area contributed by atoms with E-state index in [2.05, 4.69) is 6.92 Å². The van der Waals surface area contributed by atoms with Gasteiger partial charge in [-0.3, -0.25) is 0 Å². The minimum Gasteiger partial charge on any atom is -0.472 e. The summed E-state index contributed by atoms with van der Waals surface area (Å²) in [5.41, 5.74) is 8.15. The molecule has 2 heterocycles. The van der Waals surface area contributed by atoms with Crippen molar-refractivity contribution >= 4 is 0 Å². The van der Waals surface area contributed by atoms with Crippen molar-refractivity contribution in [3.8, 4) is 0 Å². The van der Waals surface area contributed by atoms with Crippen LogP contribution in [0.25, 0.3) is 0 Å². The maximum Gasteiger partial charge on any atom is 0.0954 e. The topological polar surface area (TPSA) is 48.4 Å². The zero-order valence-corrected chi connectivity index (χ0v) is 8.75. The summed E-state index contributed by atoms with van der Waals surface area (Å²) in [5.74, 6) is 0. The lowest BCUT2D eigenvalue weighted by molar-refractivity contribution is -0.00200. The lowest BCUT2D eigenvalue weighted by atomic mass is 9.88. The normalized spacial score (nSPS) is 29.4. The summed E-state index contributed by atoms with van der Waals surface area (Å²) in [7, 11) is 0. The first-order valence-electron chi connectivity index (χ1n) is 5.06. The van der Waals surface area contributed by atoms with Gasteiger partial charge in [-0.15, -0.1) is 0 Å². The predicted molar refractivity (Wildman–Crippen MR) is 54.0 cm³/mol. The molecule has 1 aromatic heterocycles. The van der Waals surface area contributed by atoms with E-state index >= 15 is 0 Å². The van der Waals surface area contributed by atoms with E-state index < -0.39 is 0 Å². The van der Waals surface area contributed by atoms with Crippen molar-refractivity contribution in [3.63, 3.8) is 0 Å². The number of rotatable bonds is 2. The first kappa shape index (κ1) is 9.74. The van der Waals surface area contributed by atoms with Gasteiger partial charge in [0, 0.05) is 12.2 Å². The summed E-state index contributed by atoms with van der Waals surface area (Å²) < 4.78 is 10.8. The molecule has 2 rings (SSSR count). The number of furan rings is 1. The number of ether oxygens (including phenoxy) is 1. The molecule has 1 aromatic rings. The van der Waals surface area contributed by atoms with Gasteiger partial charge in [-0.1, -0.05) is 0 Å². The van der Waals surface area contributed by atoms with Crippen LogP contribution in [0.1, 0.15) is 36.9 Å². The van der Waals surface area contributed by atoms with E-state index in [-0.39, 0.29) is 11.6 Å². The summed E-state index contributed by atoms with van der Waals surface area (Å²) in [5, 5.41) is 0. The van der Waals surface area contributed by atoms with Crippen LogP contribution < -0.4 is 5.73 Å². The summed E-state index contributed by atoms with van der Waals surface area (Å²) >= 11 is 0. The highest BCUT2D eigenvalue weighted by molar-refractivity contribution is 5.25. The molecule has 2 N–H and O–H groups in total. The Morgan fingerprint density at radius 2 is 2.29 bits per heavy atom. The number of aryl methyl sites for hydroxylation is 1. The fourth-order valence-electron chi connectivity index (χ4n) is 2.06. The minimum absolute atomic E-state index is 0.0799. The Kier molecular flexibility index (Phi) is 2.37. The Hall–Kier alpha value is -0.800. The van der Waals surface area contributed by atoms with Gasteiger partial charge in [-0.2, -0.15) is 0 Å². The third kappa shape index (κ3) is 1.47. The van der Waals surface area contributed by atoms with Crippen molar-refractivity contribution in [1.29, 1.82) is 0 Å². The largest absolute Gasteiger partial charge is 0.472 e. The van der Waals surface area contributed by atoms with Crippen LogP contribution in [0, 0.1) is 6.92 Å². The number of hydrogen-bond donors (Lipinski definition) is 1. The third-order valence-corrected chi connectivity index (χ3v) is 3.14. The molecule has 1 aliphatic rings. The third-order valence-electron chi connectivity index (χ3n) is 3.14. The summed E-state index contributed by atoms with van der Waals surface area (Å²) in [6.07, 6.45) is 5.58. The summed E-state index contributed by atoms with van der Waals surface area (Å²) in [6.45, 7) is 4.91. The molecule has 0 aliphatic carbocycles. The molecular formula is C11H17NO2. The quantitative estimate of drug-likeness (QED) is 0.786. The van der Waals surface area contributed by atoms with Crippen molar-refractivity contribution in [3.05, 3.63) is 23.7 Å². The van der Waals surface area contributed by atoms with Crippen LogP contribution in [0.5, 0.6) is 0 Å². The van der Waals surface area contributed by atoms with E-state index in [4.69, 9.17) is 14.9 Å². The first-order valence-corrected chi connectivity index (χ1v) is 5.06. The molecule has 0 amide bonds. The second-order valence-electron chi connectivity index (χ2n) is 4.25. The van der Waals surface area contributed by atoms with E-state index in [1.807, 2.05) is 6.92 Å². The Bertz CT molecular complexity index is 313.